The highest BCUT2D eigenvalue weighted by atomic mass is 16.5. The van der Waals surface area contributed by atoms with Crippen LogP contribution < -0.4 is 0 Å². The Morgan fingerprint density at radius 3 is 2.14 bits per heavy atom. The van der Waals surface area contributed by atoms with Gasteiger partial charge < -0.3 is 9.64 Å². The molecule has 0 amide bonds. The number of hydrogen-bond donors (Lipinski definition) is 0. The number of benzene rings is 1. The lowest BCUT2D eigenvalue weighted by Crippen LogP contribution is -2.53. The average Bonchev–Trinajstić information content (AvgIpc) is 2.64. The minimum absolute atomic E-state index is 0.484. The lowest BCUT2D eigenvalue weighted by molar-refractivity contribution is -0.0601. The zero-order valence-corrected chi connectivity index (χ0v) is 18.6. The molecular formula is C24H41N3O. The molecule has 0 unspecified atom stereocenters. The van der Waals surface area contributed by atoms with Crippen LogP contribution in [-0.2, 0) is 11.3 Å². The zero-order valence-electron chi connectivity index (χ0n) is 18.6. The fourth-order valence-corrected chi connectivity index (χ4v) is 4.27. The van der Waals surface area contributed by atoms with Crippen molar-refractivity contribution >= 4 is 0 Å². The van der Waals surface area contributed by atoms with Crippen molar-refractivity contribution in [2.75, 3.05) is 59.0 Å². The third kappa shape index (κ3) is 6.84. The Kier molecular flexibility index (Phi) is 8.34. The highest BCUT2D eigenvalue weighted by molar-refractivity contribution is 5.24. The maximum atomic E-state index is 6.03. The molecule has 1 aromatic carbocycles. The predicted molar refractivity (Wildman–Crippen MR) is 118 cm³/mol. The van der Waals surface area contributed by atoms with Crippen LogP contribution in [0.25, 0.3) is 0 Å². The molecule has 4 heteroatoms. The number of ether oxygens (including phenoxy) is 1. The lowest BCUT2D eigenvalue weighted by atomic mass is 10.0. The monoisotopic (exact) mass is 387 g/mol. The summed E-state index contributed by atoms with van der Waals surface area (Å²) in [6.45, 7) is 20.5. The van der Waals surface area contributed by atoms with Gasteiger partial charge >= 0.3 is 0 Å². The van der Waals surface area contributed by atoms with Gasteiger partial charge in [0.15, 0.2) is 0 Å². The summed E-state index contributed by atoms with van der Waals surface area (Å²) in [4.78, 5) is 7.70. The summed E-state index contributed by atoms with van der Waals surface area (Å²) in [6, 6.07) is 9.20. The molecule has 1 aromatic rings. The van der Waals surface area contributed by atoms with Gasteiger partial charge in [-0.25, -0.2) is 0 Å². The molecule has 0 saturated carbocycles. The smallest absolute Gasteiger partial charge is 0.0828 e. The quantitative estimate of drug-likeness (QED) is 0.570. The molecule has 0 bridgehead atoms. The molecule has 0 atom stereocenters. The van der Waals surface area contributed by atoms with Crippen LogP contribution in [0.3, 0.4) is 0 Å². The van der Waals surface area contributed by atoms with E-state index in [2.05, 4.69) is 66.7 Å². The highest BCUT2D eigenvalue weighted by Crippen LogP contribution is 2.17. The Labute approximate surface area is 172 Å². The van der Waals surface area contributed by atoms with Gasteiger partial charge in [-0.15, -0.1) is 0 Å². The molecule has 2 aliphatic heterocycles. The van der Waals surface area contributed by atoms with Crippen LogP contribution >= 0.6 is 0 Å². The van der Waals surface area contributed by atoms with Gasteiger partial charge in [0.05, 0.1) is 6.10 Å². The van der Waals surface area contributed by atoms with Crippen molar-refractivity contribution in [2.45, 2.75) is 52.7 Å². The van der Waals surface area contributed by atoms with Crippen molar-refractivity contribution in [3.63, 3.8) is 0 Å². The fourth-order valence-electron chi connectivity index (χ4n) is 4.27. The van der Waals surface area contributed by atoms with Crippen molar-refractivity contribution in [2.24, 2.45) is 5.92 Å². The van der Waals surface area contributed by atoms with E-state index in [1.165, 1.54) is 50.4 Å². The Balaban J connectivity index is 1.24. The van der Waals surface area contributed by atoms with Crippen molar-refractivity contribution < 1.29 is 4.74 Å². The molecule has 0 spiro atoms. The molecule has 28 heavy (non-hydrogen) atoms. The number of nitrogens with zero attached hydrogens (tertiary/aromatic N) is 3. The molecule has 2 fully saturated rings. The first-order chi connectivity index (χ1) is 13.5. The molecule has 0 aliphatic carbocycles. The van der Waals surface area contributed by atoms with Gasteiger partial charge in [0.2, 0.25) is 0 Å². The summed E-state index contributed by atoms with van der Waals surface area (Å²) in [5.41, 5.74) is 2.88. The van der Waals surface area contributed by atoms with Gasteiger partial charge in [-0.05, 0) is 29.4 Å². The van der Waals surface area contributed by atoms with E-state index in [0.717, 1.165) is 38.6 Å². The minimum atomic E-state index is 0.484. The van der Waals surface area contributed by atoms with Crippen molar-refractivity contribution in [1.82, 2.24) is 14.7 Å². The maximum absolute atomic E-state index is 6.03. The second kappa shape index (κ2) is 10.7. The molecule has 0 aromatic heterocycles. The lowest BCUT2D eigenvalue weighted by Gasteiger charge is -2.40. The van der Waals surface area contributed by atoms with Gasteiger partial charge in [-0.3, -0.25) is 9.80 Å². The van der Waals surface area contributed by atoms with E-state index in [1.54, 1.807) is 0 Å². The van der Waals surface area contributed by atoms with Crippen LogP contribution in [0.15, 0.2) is 24.3 Å². The molecule has 0 radical (unpaired) electrons. The summed E-state index contributed by atoms with van der Waals surface area (Å²) in [5, 5.41) is 0. The van der Waals surface area contributed by atoms with Crippen molar-refractivity contribution in [3.8, 4) is 0 Å². The molecule has 2 saturated heterocycles. The zero-order chi connectivity index (χ0) is 19.9. The van der Waals surface area contributed by atoms with Crippen LogP contribution in [0, 0.1) is 5.92 Å². The van der Waals surface area contributed by atoms with Gasteiger partial charge in [-0.2, -0.15) is 0 Å². The van der Waals surface area contributed by atoms with Gasteiger partial charge in [-0.1, -0.05) is 52.0 Å². The summed E-state index contributed by atoms with van der Waals surface area (Å²) in [7, 11) is 0. The molecule has 4 nitrogen and oxygen atoms in total. The normalized spacial score (nSPS) is 20.2. The molecule has 2 aliphatic rings. The Bertz CT molecular complexity index is 558. The summed E-state index contributed by atoms with van der Waals surface area (Å²) >= 11 is 0. The Hall–Kier alpha value is -0.940. The number of rotatable bonds is 10. The van der Waals surface area contributed by atoms with E-state index < -0.39 is 0 Å². The van der Waals surface area contributed by atoms with Gasteiger partial charge in [0.1, 0.15) is 0 Å². The van der Waals surface area contributed by atoms with Crippen LogP contribution in [0.1, 0.15) is 51.2 Å². The van der Waals surface area contributed by atoms with Gasteiger partial charge in [0, 0.05) is 65.5 Å². The van der Waals surface area contributed by atoms with Crippen LogP contribution in [-0.4, -0.2) is 79.8 Å². The van der Waals surface area contributed by atoms with Crippen molar-refractivity contribution in [3.05, 3.63) is 35.4 Å². The minimum Gasteiger partial charge on any atom is -0.376 e. The summed E-state index contributed by atoms with van der Waals surface area (Å²) in [5.74, 6) is 1.38. The Morgan fingerprint density at radius 1 is 0.893 bits per heavy atom. The molecular weight excluding hydrogens is 346 g/mol. The van der Waals surface area contributed by atoms with E-state index in [-0.39, 0.29) is 0 Å². The molecule has 2 heterocycles. The third-order valence-electron chi connectivity index (χ3n) is 6.04. The van der Waals surface area contributed by atoms with E-state index in [0.29, 0.717) is 12.0 Å². The second-order valence-electron chi connectivity index (χ2n) is 9.47. The van der Waals surface area contributed by atoms with E-state index in [4.69, 9.17) is 4.74 Å². The van der Waals surface area contributed by atoms with E-state index in [9.17, 15) is 0 Å². The highest BCUT2D eigenvalue weighted by Gasteiger charge is 2.27. The first kappa shape index (κ1) is 21.8. The Morgan fingerprint density at radius 2 is 1.54 bits per heavy atom. The van der Waals surface area contributed by atoms with Crippen LogP contribution in [0.5, 0.6) is 0 Å². The fraction of sp³-hybridized carbons (Fsp3) is 0.750. The number of likely N-dealkylation sites (tertiary alicyclic amines) is 1. The predicted octanol–water partition coefficient (Wildman–Crippen LogP) is 3.67. The molecule has 0 N–H and O–H groups in total. The summed E-state index contributed by atoms with van der Waals surface area (Å²) in [6.07, 6.45) is 1.65. The number of piperazine rings is 1. The maximum Gasteiger partial charge on any atom is 0.0828 e. The SMILES string of the molecule is CC(C)CN1CC(OCCCN2CCN(Cc3ccc(C(C)C)cc3)CC2)C1. The topological polar surface area (TPSA) is 19.0 Å². The molecule has 158 valence electrons. The van der Waals surface area contributed by atoms with Crippen LogP contribution in [0.4, 0.5) is 0 Å². The summed E-state index contributed by atoms with van der Waals surface area (Å²) < 4.78 is 6.03. The van der Waals surface area contributed by atoms with Gasteiger partial charge in [0.25, 0.3) is 0 Å². The van der Waals surface area contributed by atoms with E-state index in [1.807, 2.05) is 0 Å². The second-order valence-corrected chi connectivity index (χ2v) is 9.47. The first-order valence-electron chi connectivity index (χ1n) is 11.4. The first-order valence-corrected chi connectivity index (χ1v) is 11.4. The standard InChI is InChI=1S/C24H41N3O/c1-20(2)16-27-18-24(19-27)28-15-5-10-25-11-13-26(14-12-25)17-22-6-8-23(9-7-22)21(3)4/h6-9,20-21,24H,5,10-19H2,1-4H3. The van der Waals surface area contributed by atoms with E-state index >= 15 is 0 Å². The molecule has 3 rings (SSSR count). The largest absolute Gasteiger partial charge is 0.376 e. The number of hydrogen-bond acceptors (Lipinski definition) is 4. The average molecular weight is 388 g/mol. The van der Waals surface area contributed by atoms with Crippen LogP contribution in [0.2, 0.25) is 0 Å². The third-order valence-corrected chi connectivity index (χ3v) is 6.04. The van der Waals surface area contributed by atoms with Crippen molar-refractivity contribution in [1.29, 1.82) is 0 Å².